The van der Waals surface area contributed by atoms with Gasteiger partial charge in [0.1, 0.15) is 0 Å². The first kappa shape index (κ1) is 14.6. The summed E-state index contributed by atoms with van der Waals surface area (Å²) < 4.78 is 0. The molecule has 0 spiro atoms. The molecule has 0 aliphatic rings. The van der Waals surface area contributed by atoms with Crippen LogP contribution in [0, 0.1) is 13.8 Å². The van der Waals surface area contributed by atoms with Crippen molar-refractivity contribution in [2.24, 2.45) is 0 Å². The Morgan fingerprint density at radius 3 is 2.63 bits per heavy atom. The smallest absolute Gasteiger partial charge is 0.0458 e. The molecule has 0 fully saturated rings. The summed E-state index contributed by atoms with van der Waals surface area (Å²) in [6, 6.07) is 8.85. The highest BCUT2D eigenvalue weighted by atomic mass is 35.5. The number of thiophene rings is 1. The number of nitrogens with one attached hydrogen (secondary N) is 1. The van der Waals surface area contributed by atoms with E-state index in [-0.39, 0.29) is 0 Å². The van der Waals surface area contributed by atoms with Crippen molar-refractivity contribution in [2.75, 3.05) is 6.54 Å². The highest BCUT2D eigenvalue weighted by Gasteiger charge is 2.16. The molecule has 0 aliphatic heterocycles. The monoisotopic (exact) mass is 293 g/mol. The zero-order valence-electron chi connectivity index (χ0n) is 11.7. The van der Waals surface area contributed by atoms with Crippen LogP contribution in [0.1, 0.15) is 34.5 Å². The lowest BCUT2D eigenvalue weighted by atomic mass is 10.0. The average Bonchev–Trinajstić information content (AvgIpc) is 2.78. The van der Waals surface area contributed by atoms with Crippen LogP contribution in [0.5, 0.6) is 0 Å². The molecule has 1 heterocycles. The quantitative estimate of drug-likeness (QED) is 0.826. The van der Waals surface area contributed by atoms with Gasteiger partial charge in [-0.3, -0.25) is 0 Å². The maximum atomic E-state index is 6.35. The topological polar surface area (TPSA) is 12.0 Å². The molecule has 1 N–H and O–H groups in total. The van der Waals surface area contributed by atoms with Crippen molar-refractivity contribution in [3.05, 3.63) is 56.2 Å². The van der Waals surface area contributed by atoms with E-state index in [0.29, 0.717) is 6.04 Å². The molecule has 0 saturated heterocycles. The summed E-state index contributed by atoms with van der Waals surface area (Å²) in [7, 11) is 0. The molecule has 1 nitrogen and oxygen atoms in total. The molecule has 0 saturated carbocycles. The Hall–Kier alpha value is -0.830. The minimum atomic E-state index is 0.352. The van der Waals surface area contributed by atoms with E-state index in [1.165, 1.54) is 21.6 Å². The summed E-state index contributed by atoms with van der Waals surface area (Å²) in [5.41, 5.74) is 3.78. The Labute approximate surface area is 124 Å². The second-order valence-corrected chi connectivity index (χ2v) is 6.23. The molecule has 19 heavy (non-hydrogen) atoms. The lowest BCUT2D eigenvalue weighted by Gasteiger charge is -2.18. The minimum absolute atomic E-state index is 0.352. The van der Waals surface area contributed by atoms with Gasteiger partial charge in [0.25, 0.3) is 0 Å². The Morgan fingerprint density at radius 1 is 1.26 bits per heavy atom. The third kappa shape index (κ3) is 3.59. The van der Waals surface area contributed by atoms with E-state index in [4.69, 9.17) is 11.6 Å². The predicted molar refractivity (Wildman–Crippen MR) is 85.4 cm³/mol. The molecule has 1 atom stereocenters. The lowest BCUT2D eigenvalue weighted by molar-refractivity contribution is 0.556. The third-order valence-corrected chi connectivity index (χ3v) is 4.79. The van der Waals surface area contributed by atoms with Crippen molar-refractivity contribution in [3.8, 4) is 0 Å². The fraction of sp³-hybridized carbons (Fsp3) is 0.375. The molecule has 2 aromatic rings. The highest BCUT2D eigenvalue weighted by Crippen LogP contribution is 2.29. The van der Waals surface area contributed by atoms with Gasteiger partial charge in [0.2, 0.25) is 0 Å². The first-order chi connectivity index (χ1) is 9.11. The van der Waals surface area contributed by atoms with E-state index in [1.54, 1.807) is 0 Å². The van der Waals surface area contributed by atoms with Gasteiger partial charge >= 0.3 is 0 Å². The first-order valence-corrected chi connectivity index (χ1v) is 7.90. The number of likely N-dealkylation sites (N-methyl/N-ethyl adjacent to an activating group) is 1. The van der Waals surface area contributed by atoms with Crippen molar-refractivity contribution in [1.82, 2.24) is 5.32 Å². The van der Waals surface area contributed by atoms with Crippen LogP contribution in [0.2, 0.25) is 5.02 Å². The van der Waals surface area contributed by atoms with Crippen LogP contribution in [-0.4, -0.2) is 6.54 Å². The Balaban J connectivity index is 2.24. The predicted octanol–water partition coefficient (Wildman–Crippen LogP) is 4.91. The minimum Gasteiger partial charge on any atom is -0.309 e. The van der Waals surface area contributed by atoms with Crippen LogP contribution in [0.4, 0.5) is 0 Å². The Morgan fingerprint density at radius 2 is 2.05 bits per heavy atom. The molecule has 2 rings (SSSR count). The first-order valence-electron chi connectivity index (χ1n) is 6.64. The summed E-state index contributed by atoms with van der Waals surface area (Å²) in [6.07, 6.45) is 0.939. The van der Waals surface area contributed by atoms with Crippen molar-refractivity contribution in [3.63, 3.8) is 0 Å². The van der Waals surface area contributed by atoms with Gasteiger partial charge in [0.15, 0.2) is 0 Å². The number of benzene rings is 1. The molecular formula is C16H20ClNS. The third-order valence-electron chi connectivity index (χ3n) is 3.30. The van der Waals surface area contributed by atoms with E-state index in [0.717, 1.165) is 18.0 Å². The SMILES string of the molecule is CCNC(Cc1ccc(C)cc1Cl)c1sccc1C. The Kier molecular flexibility index (Phi) is 5.03. The maximum Gasteiger partial charge on any atom is 0.0458 e. The van der Waals surface area contributed by atoms with Crippen LogP contribution in [0.3, 0.4) is 0 Å². The molecule has 0 radical (unpaired) electrons. The van der Waals surface area contributed by atoms with Gasteiger partial charge in [-0.05, 0) is 61.0 Å². The maximum absolute atomic E-state index is 6.35. The van der Waals surface area contributed by atoms with Gasteiger partial charge in [-0.15, -0.1) is 11.3 Å². The van der Waals surface area contributed by atoms with Crippen LogP contribution >= 0.6 is 22.9 Å². The van der Waals surface area contributed by atoms with Crippen LogP contribution < -0.4 is 5.32 Å². The van der Waals surface area contributed by atoms with Gasteiger partial charge in [-0.2, -0.15) is 0 Å². The van der Waals surface area contributed by atoms with Crippen LogP contribution in [0.25, 0.3) is 0 Å². The second kappa shape index (κ2) is 6.56. The highest BCUT2D eigenvalue weighted by molar-refractivity contribution is 7.10. The fourth-order valence-corrected chi connectivity index (χ4v) is 3.60. The normalized spacial score (nSPS) is 12.6. The van der Waals surface area contributed by atoms with Crippen molar-refractivity contribution >= 4 is 22.9 Å². The molecule has 0 bridgehead atoms. The molecule has 1 aromatic heterocycles. The van der Waals surface area contributed by atoms with Crippen molar-refractivity contribution in [2.45, 2.75) is 33.2 Å². The van der Waals surface area contributed by atoms with Gasteiger partial charge in [-0.1, -0.05) is 30.7 Å². The zero-order chi connectivity index (χ0) is 13.8. The van der Waals surface area contributed by atoms with Crippen LogP contribution in [0.15, 0.2) is 29.6 Å². The van der Waals surface area contributed by atoms with E-state index in [2.05, 4.69) is 49.7 Å². The van der Waals surface area contributed by atoms with Crippen LogP contribution in [-0.2, 0) is 6.42 Å². The summed E-state index contributed by atoms with van der Waals surface area (Å²) in [5, 5.41) is 6.60. The molecule has 102 valence electrons. The fourth-order valence-electron chi connectivity index (χ4n) is 2.28. The summed E-state index contributed by atoms with van der Waals surface area (Å²) in [5.74, 6) is 0. The van der Waals surface area contributed by atoms with E-state index in [1.807, 2.05) is 17.4 Å². The number of rotatable bonds is 5. The van der Waals surface area contributed by atoms with Gasteiger partial charge < -0.3 is 5.32 Å². The van der Waals surface area contributed by atoms with Crippen molar-refractivity contribution < 1.29 is 0 Å². The molecule has 1 unspecified atom stereocenters. The summed E-state index contributed by atoms with van der Waals surface area (Å²) in [6.45, 7) is 7.35. The van der Waals surface area contributed by atoms with Gasteiger partial charge in [0.05, 0.1) is 0 Å². The van der Waals surface area contributed by atoms with Gasteiger partial charge in [-0.25, -0.2) is 0 Å². The van der Waals surface area contributed by atoms with E-state index >= 15 is 0 Å². The molecule has 3 heteroatoms. The lowest BCUT2D eigenvalue weighted by Crippen LogP contribution is -2.22. The second-order valence-electron chi connectivity index (χ2n) is 4.88. The van der Waals surface area contributed by atoms with E-state index < -0.39 is 0 Å². The summed E-state index contributed by atoms with van der Waals surface area (Å²) in [4.78, 5) is 1.42. The van der Waals surface area contributed by atoms with E-state index in [9.17, 15) is 0 Å². The average molecular weight is 294 g/mol. The van der Waals surface area contributed by atoms with Gasteiger partial charge in [0, 0.05) is 15.9 Å². The summed E-state index contributed by atoms with van der Waals surface area (Å²) >= 11 is 8.17. The standard InChI is InChI=1S/C16H20ClNS/c1-4-18-15(16-12(3)7-8-19-16)10-13-6-5-11(2)9-14(13)17/h5-9,15,18H,4,10H2,1-3H3. The largest absolute Gasteiger partial charge is 0.309 e. The zero-order valence-corrected chi connectivity index (χ0v) is 13.2. The number of hydrogen-bond acceptors (Lipinski definition) is 2. The van der Waals surface area contributed by atoms with Crippen molar-refractivity contribution in [1.29, 1.82) is 0 Å². The number of halogens is 1. The number of hydrogen-bond donors (Lipinski definition) is 1. The molecule has 1 aromatic carbocycles. The molecule has 0 aliphatic carbocycles. The molecule has 0 amide bonds. The number of aryl methyl sites for hydroxylation is 2. The Bertz CT molecular complexity index is 547. The molecular weight excluding hydrogens is 274 g/mol.